The fraction of sp³-hybridized carbons (Fsp3) is 0.486. The van der Waals surface area contributed by atoms with Crippen LogP contribution >= 0.6 is 0 Å². The highest BCUT2D eigenvalue weighted by Gasteiger charge is 2.26. The van der Waals surface area contributed by atoms with E-state index in [1.807, 2.05) is 26.8 Å². The van der Waals surface area contributed by atoms with E-state index in [9.17, 15) is 15.3 Å². The van der Waals surface area contributed by atoms with Gasteiger partial charge in [0, 0.05) is 11.1 Å². The quantitative estimate of drug-likeness (QED) is 0.326. The van der Waals surface area contributed by atoms with Gasteiger partial charge in [-0.3, -0.25) is 0 Å². The molecule has 3 heteroatoms. The van der Waals surface area contributed by atoms with Gasteiger partial charge < -0.3 is 15.3 Å². The van der Waals surface area contributed by atoms with Gasteiger partial charge in [0.2, 0.25) is 0 Å². The molecule has 0 radical (unpaired) electrons. The molecule has 5 rings (SSSR count). The second-order valence-electron chi connectivity index (χ2n) is 12.0. The van der Waals surface area contributed by atoms with Gasteiger partial charge in [0.1, 0.15) is 17.2 Å². The lowest BCUT2D eigenvalue weighted by atomic mass is 9.79. The molecule has 0 unspecified atom stereocenters. The third-order valence-electron chi connectivity index (χ3n) is 9.83. The van der Waals surface area contributed by atoms with Crippen LogP contribution in [0.3, 0.4) is 0 Å². The third-order valence-corrected chi connectivity index (χ3v) is 9.83. The van der Waals surface area contributed by atoms with Gasteiger partial charge in [-0.25, -0.2) is 0 Å². The summed E-state index contributed by atoms with van der Waals surface area (Å²) in [6, 6.07) is 8.43. The smallest absolute Gasteiger partial charge is 0.131 e. The Hall–Kier alpha value is -2.94. The number of phenolic OH excluding ortho intramolecular Hbond substituents is 3. The second-order valence-corrected chi connectivity index (χ2v) is 12.0. The zero-order chi connectivity index (χ0) is 27.1. The van der Waals surface area contributed by atoms with Gasteiger partial charge in [-0.15, -0.1) is 0 Å². The van der Waals surface area contributed by atoms with E-state index in [2.05, 4.69) is 32.0 Å². The van der Waals surface area contributed by atoms with Crippen molar-refractivity contribution in [3.8, 4) is 39.5 Å². The Morgan fingerprint density at radius 2 is 0.947 bits per heavy atom. The zero-order valence-corrected chi connectivity index (χ0v) is 23.9. The van der Waals surface area contributed by atoms with Crippen molar-refractivity contribution in [2.45, 2.75) is 111 Å². The molecule has 0 atom stereocenters. The van der Waals surface area contributed by atoms with E-state index in [4.69, 9.17) is 0 Å². The number of hydrogen-bond acceptors (Lipinski definition) is 3. The third kappa shape index (κ3) is 4.59. The molecular weight excluding hydrogens is 468 g/mol. The molecule has 2 fully saturated rings. The van der Waals surface area contributed by atoms with Crippen molar-refractivity contribution in [3.05, 3.63) is 63.2 Å². The van der Waals surface area contributed by atoms with Crippen LogP contribution in [0.4, 0.5) is 0 Å². The van der Waals surface area contributed by atoms with Crippen molar-refractivity contribution in [1.29, 1.82) is 0 Å². The van der Waals surface area contributed by atoms with Crippen LogP contribution in [-0.2, 0) is 0 Å². The van der Waals surface area contributed by atoms with Crippen LogP contribution in [0.5, 0.6) is 17.2 Å². The predicted molar refractivity (Wildman–Crippen MR) is 158 cm³/mol. The van der Waals surface area contributed by atoms with Crippen LogP contribution in [0, 0.1) is 34.6 Å². The fourth-order valence-corrected chi connectivity index (χ4v) is 7.09. The normalized spacial score (nSPS) is 17.2. The maximum Gasteiger partial charge on any atom is 0.131 e. The van der Waals surface area contributed by atoms with E-state index in [0.29, 0.717) is 23.3 Å². The van der Waals surface area contributed by atoms with Crippen LogP contribution in [0.25, 0.3) is 22.3 Å². The molecule has 0 heterocycles. The molecule has 0 bridgehead atoms. The van der Waals surface area contributed by atoms with E-state index in [1.165, 1.54) is 38.5 Å². The Bertz CT molecular complexity index is 1350. The minimum absolute atomic E-state index is 0.288. The molecule has 38 heavy (non-hydrogen) atoms. The van der Waals surface area contributed by atoms with E-state index in [0.717, 1.165) is 86.9 Å². The summed E-state index contributed by atoms with van der Waals surface area (Å²) < 4.78 is 0. The Morgan fingerprint density at radius 1 is 0.500 bits per heavy atom. The SMILES string of the molecule is Cc1ccc(-c2cc(C3CCCCC3)c(O)c(C)c2C)c(O)c1-c1cc(C2CCCCC2)c(O)c(C)c1C. The predicted octanol–water partition coefficient (Wildman–Crippen LogP) is 9.77. The lowest BCUT2D eigenvalue weighted by Gasteiger charge is -2.27. The van der Waals surface area contributed by atoms with Gasteiger partial charge in [-0.2, -0.15) is 0 Å². The van der Waals surface area contributed by atoms with Gasteiger partial charge in [-0.05, 0) is 134 Å². The van der Waals surface area contributed by atoms with Crippen molar-refractivity contribution >= 4 is 0 Å². The minimum Gasteiger partial charge on any atom is -0.507 e. The van der Waals surface area contributed by atoms with Crippen LogP contribution in [0.1, 0.15) is 115 Å². The van der Waals surface area contributed by atoms with E-state index in [-0.39, 0.29) is 5.75 Å². The summed E-state index contributed by atoms with van der Waals surface area (Å²) in [5.74, 6) is 1.87. The molecule has 2 aliphatic rings. The number of phenols is 3. The van der Waals surface area contributed by atoms with Crippen molar-refractivity contribution in [3.63, 3.8) is 0 Å². The van der Waals surface area contributed by atoms with Crippen LogP contribution in [0.15, 0.2) is 24.3 Å². The lowest BCUT2D eigenvalue weighted by molar-refractivity contribution is 0.412. The highest BCUT2D eigenvalue weighted by molar-refractivity contribution is 5.88. The summed E-state index contributed by atoms with van der Waals surface area (Å²) in [6.45, 7) is 10.2. The molecule has 3 nitrogen and oxygen atoms in total. The Labute approximate surface area is 228 Å². The number of aryl methyl sites for hydroxylation is 1. The zero-order valence-electron chi connectivity index (χ0n) is 23.9. The lowest BCUT2D eigenvalue weighted by Crippen LogP contribution is -2.07. The minimum atomic E-state index is 0.288. The van der Waals surface area contributed by atoms with Crippen LogP contribution < -0.4 is 0 Å². The summed E-state index contributed by atoms with van der Waals surface area (Å²) in [4.78, 5) is 0. The monoisotopic (exact) mass is 512 g/mol. The van der Waals surface area contributed by atoms with E-state index < -0.39 is 0 Å². The van der Waals surface area contributed by atoms with Crippen LogP contribution in [0.2, 0.25) is 0 Å². The second kappa shape index (κ2) is 10.7. The fourth-order valence-electron chi connectivity index (χ4n) is 7.09. The maximum absolute atomic E-state index is 11.9. The summed E-state index contributed by atoms with van der Waals surface area (Å²) in [5.41, 5.74) is 10.6. The van der Waals surface area contributed by atoms with Gasteiger partial charge in [-0.1, -0.05) is 50.7 Å². The molecule has 0 aliphatic heterocycles. The molecule has 2 aliphatic carbocycles. The molecule has 0 aromatic heterocycles. The largest absolute Gasteiger partial charge is 0.507 e. The van der Waals surface area contributed by atoms with Crippen molar-refractivity contribution in [2.24, 2.45) is 0 Å². The molecule has 0 saturated heterocycles. The summed E-state index contributed by atoms with van der Waals surface area (Å²) in [7, 11) is 0. The topological polar surface area (TPSA) is 60.7 Å². The number of benzene rings is 3. The van der Waals surface area contributed by atoms with Crippen molar-refractivity contribution in [1.82, 2.24) is 0 Å². The molecular formula is C35H44O3. The molecule has 3 aromatic carbocycles. The standard InChI is InChI=1S/C35H44O3/c1-20-16-17-27(28-18-30(25-12-8-6-9-13-25)33(36)23(4)21(28)2)35(38)32(20)29-19-31(26-14-10-7-11-15-26)34(37)24(5)22(29)3/h16-19,25-26,36-38H,6-15H2,1-5H3. The molecule has 3 aromatic rings. The van der Waals surface area contributed by atoms with Crippen molar-refractivity contribution < 1.29 is 15.3 Å². The first-order chi connectivity index (χ1) is 18.2. The van der Waals surface area contributed by atoms with Gasteiger partial charge >= 0.3 is 0 Å². The molecule has 2 saturated carbocycles. The van der Waals surface area contributed by atoms with E-state index >= 15 is 0 Å². The maximum atomic E-state index is 11.9. The Balaban J connectivity index is 1.68. The average molecular weight is 513 g/mol. The molecule has 202 valence electrons. The molecule has 0 spiro atoms. The summed E-state index contributed by atoms with van der Waals surface area (Å²) in [5, 5.41) is 34.2. The highest BCUT2D eigenvalue weighted by atomic mass is 16.3. The Morgan fingerprint density at radius 3 is 1.45 bits per heavy atom. The molecule has 3 N–H and O–H groups in total. The van der Waals surface area contributed by atoms with Crippen molar-refractivity contribution in [2.75, 3.05) is 0 Å². The first kappa shape index (κ1) is 26.7. The summed E-state index contributed by atoms with van der Waals surface area (Å²) in [6.07, 6.45) is 11.8. The number of rotatable bonds is 4. The summed E-state index contributed by atoms with van der Waals surface area (Å²) >= 11 is 0. The Kier molecular flexibility index (Phi) is 7.49. The number of hydrogen-bond donors (Lipinski definition) is 3. The highest BCUT2D eigenvalue weighted by Crippen LogP contribution is 2.49. The van der Waals surface area contributed by atoms with Gasteiger partial charge in [0.05, 0.1) is 0 Å². The van der Waals surface area contributed by atoms with Gasteiger partial charge in [0.15, 0.2) is 0 Å². The number of aromatic hydroxyl groups is 3. The molecule has 0 amide bonds. The van der Waals surface area contributed by atoms with E-state index in [1.54, 1.807) is 0 Å². The van der Waals surface area contributed by atoms with Crippen LogP contribution in [-0.4, -0.2) is 15.3 Å². The first-order valence-corrected chi connectivity index (χ1v) is 14.7. The average Bonchev–Trinajstić information content (AvgIpc) is 2.93. The van der Waals surface area contributed by atoms with Gasteiger partial charge in [0.25, 0.3) is 0 Å². The first-order valence-electron chi connectivity index (χ1n) is 14.7.